The molecule has 0 N–H and O–H groups in total. The first-order valence-corrected chi connectivity index (χ1v) is 12.9. The highest BCUT2D eigenvalue weighted by molar-refractivity contribution is 7.95. The van der Waals surface area contributed by atoms with E-state index in [-0.39, 0.29) is 12.1 Å². The van der Waals surface area contributed by atoms with Gasteiger partial charge in [-0.2, -0.15) is 0 Å². The second-order valence-corrected chi connectivity index (χ2v) is 11.1. The van der Waals surface area contributed by atoms with Crippen LogP contribution in [-0.4, -0.2) is 17.2 Å². The van der Waals surface area contributed by atoms with Crippen molar-refractivity contribution < 1.29 is 14.2 Å². The van der Waals surface area contributed by atoms with Gasteiger partial charge in [0.1, 0.15) is 0 Å². The molecule has 2 aromatic carbocycles. The van der Waals surface area contributed by atoms with E-state index in [1.54, 1.807) is 0 Å². The first-order chi connectivity index (χ1) is 14.2. The van der Waals surface area contributed by atoms with E-state index in [0.717, 1.165) is 47.9 Å². The molecule has 162 valence electrons. The Bertz CT molecular complexity index is 866. The number of hydrogen-bond donors (Lipinski definition) is 0. The second-order valence-electron chi connectivity index (χ2n) is 8.48. The highest BCUT2D eigenvalue weighted by Crippen LogP contribution is 2.55. The van der Waals surface area contributed by atoms with Crippen LogP contribution < -0.4 is 0 Å². The van der Waals surface area contributed by atoms with Crippen molar-refractivity contribution in [1.29, 1.82) is 0 Å². The van der Waals surface area contributed by atoms with Crippen molar-refractivity contribution >= 4 is 18.2 Å². The summed E-state index contributed by atoms with van der Waals surface area (Å²) in [5, 5.41) is 0. The Kier molecular flexibility index (Phi) is 8.38. The van der Waals surface area contributed by atoms with Gasteiger partial charge >= 0.3 is 0 Å². The number of rotatable bonds is 10. The Hall–Kier alpha value is -1.99. The number of carbonyl (C=O) groups is 2. The first kappa shape index (κ1) is 24.3. The van der Waals surface area contributed by atoms with Gasteiger partial charge in [-0.25, -0.2) is 0 Å². The molecule has 0 saturated heterocycles. The molecule has 2 aromatic rings. The standard InChI is InChI=1S/C26H35O3P/c1-7-9-16-22(8-2)17-30(29,25(27)23-18(3)12-10-13-19(23)4)26(28)24-20(5)14-11-15-21(24)6/h10-15,22H,7-9,16-17H2,1-6H3. The molecule has 0 aromatic heterocycles. The van der Waals surface area contributed by atoms with E-state index in [1.807, 2.05) is 64.1 Å². The van der Waals surface area contributed by atoms with Gasteiger partial charge in [-0.1, -0.05) is 69.5 Å². The maximum atomic E-state index is 14.5. The maximum absolute atomic E-state index is 14.5. The third kappa shape index (κ3) is 5.01. The molecule has 1 unspecified atom stereocenters. The van der Waals surface area contributed by atoms with E-state index >= 15 is 0 Å². The van der Waals surface area contributed by atoms with Crippen molar-refractivity contribution in [3.05, 3.63) is 69.8 Å². The predicted molar refractivity (Wildman–Crippen MR) is 126 cm³/mol. The lowest BCUT2D eigenvalue weighted by Gasteiger charge is -2.24. The zero-order valence-electron chi connectivity index (χ0n) is 19.2. The van der Waals surface area contributed by atoms with E-state index in [0.29, 0.717) is 11.1 Å². The smallest absolute Gasteiger partial charge is 0.229 e. The molecule has 0 radical (unpaired) electrons. The molecule has 0 aliphatic carbocycles. The summed E-state index contributed by atoms with van der Waals surface area (Å²) in [6, 6.07) is 11.2. The largest absolute Gasteiger partial charge is 0.307 e. The van der Waals surface area contributed by atoms with Crippen molar-refractivity contribution in [2.75, 3.05) is 6.16 Å². The van der Waals surface area contributed by atoms with Crippen molar-refractivity contribution in [2.24, 2.45) is 5.92 Å². The molecular weight excluding hydrogens is 391 g/mol. The molecule has 0 amide bonds. The third-order valence-corrected chi connectivity index (χ3v) is 8.89. The van der Waals surface area contributed by atoms with Crippen LogP contribution in [0.15, 0.2) is 36.4 Å². The van der Waals surface area contributed by atoms with Gasteiger partial charge in [0.15, 0.2) is 0 Å². The van der Waals surface area contributed by atoms with Gasteiger partial charge in [0.2, 0.25) is 18.2 Å². The van der Waals surface area contributed by atoms with Crippen LogP contribution in [0.2, 0.25) is 0 Å². The van der Waals surface area contributed by atoms with Crippen LogP contribution >= 0.6 is 7.14 Å². The van der Waals surface area contributed by atoms with Gasteiger partial charge in [0, 0.05) is 17.3 Å². The van der Waals surface area contributed by atoms with Crippen molar-refractivity contribution in [3.63, 3.8) is 0 Å². The lowest BCUT2D eigenvalue weighted by molar-refractivity contribution is 0.103. The minimum Gasteiger partial charge on any atom is -0.307 e. The molecule has 3 nitrogen and oxygen atoms in total. The SMILES string of the molecule is CCCCC(CC)CP(=O)(C(=O)c1c(C)cccc1C)C(=O)c1c(C)cccc1C. The average Bonchev–Trinajstić information content (AvgIpc) is 2.70. The predicted octanol–water partition coefficient (Wildman–Crippen LogP) is 7.48. The van der Waals surface area contributed by atoms with Gasteiger partial charge < -0.3 is 4.57 Å². The van der Waals surface area contributed by atoms with Crippen LogP contribution in [0.3, 0.4) is 0 Å². The molecule has 0 spiro atoms. The zero-order valence-corrected chi connectivity index (χ0v) is 20.1. The van der Waals surface area contributed by atoms with E-state index in [2.05, 4.69) is 13.8 Å². The summed E-state index contributed by atoms with van der Waals surface area (Å²) in [5.74, 6) is 0.0948. The summed E-state index contributed by atoms with van der Waals surface area (Å²) in [5.41, 5.74) is 3.05. The van der Waals surface area contributed by atoms with E-state index in [1.165, 1.54) is 0 Å². The van der Waals surface area contributed by atoms with Gasteiger partial charge in [-0.3, -0.25) is 9.59 Å². The van der Waals surface area contributed by atoms with Gasteiger partial charge in [0.05, 0.1) is 0 Å². The molecule has 0 saturated carbocycles. The van der Waals surface area contributed by atoms with Gasteiger partial charge in [-0.15, -0.1) is 0 Å². The molecule has 0 aliphatic rings. The normalized spacial score (nSPS) is 12.6. The molecular formula is C26H35O3P. The van der Waals surface area contributed by atoms with Crippen LogP contribution in [0.4, 0.5) is 0 Å². The Morgan fingerprint density at radius 1 is 0.800 bits per heavy atom. The van der Waals surface area contributed by atoms with Crippen molar-refractivity contribution in [2.45, 2.75) is 67.2 Å². The summed E-state index contributed by atoms with van der Waals surface area (Å²) in [6.45, 7) is 11.6. The van der Waals surface area contributed by atoms with Gasteiger partial charge in [-0.05, 0) is 62.3 Å². The Morgan fingerprint density at radius 2 is 1.20 bits per heavy atom. The number of unbranched alkanes of at least 4 members (excludes halogenated alkanes) is 1. The topological polar surface area (TPSA) is 51.2 Å². The summed E-state index contributed by atoms with van der Waals surface area (Å²) >= 11 is 0. The molecule has 30 heavy (non-hydrogen) atoms. The Labute approximate surface area is 181 Å². The van der Waals surface area contributed by atoms with Crippen LogP contribution in [-0.2, 0) is 4.57 Å². The summed E-state index contributed by atoms with van der Waals surface area (Å²) in [4.78, 5) is 27.6. The minimum atomic E-state index is -3.84. The maximum Gasteiger partial charge on any atom is 0.229 e. The van der Waals surface area contributed by atoms with E-state index in [4.69, 9.17) is 0 Å². The Morgan fingerprint density at radius 3 is 1.53 bits per heavy atom. The number of aryl methyl sites for hydroxylation is 4. The van der Waals surface area contributed by atoms with Crippen LogP contribution in [0, 0.1) is 33.6 Å². The molecule has 0 bridgehead atoms. The second kappa shape index (κ2) is 10.4. The van der Waals surface area contributed by atoms with E-state index < -0.39 is 18.2 Å². The monoisotopic (exact) mass is 426 g/mol. The Balaban J connectivity index is 2.64. The number of hydrogen-bond acceptors (Lipinski definition) is 3. The lowest BCUT2D eigenvalue weighted by Crippen LogP contribution is -2.20. The quantitative estimate of drug-likeness (QED) is 0.370. The fourth-order valence-corrected chi connectivity index (χ4v) is 7.32. The van der Waals surface area contributed by atoms with Crippen molar-refractivity contribution in [1.82, 2.24) is 0 Å². The van der Waals surface area contributed by atoms with Gasteiger partial charge in [0.25, 0.3) is 0 Å². The molecule has 0 heterocycles. The first-order valence-electron chi connectivity index (χ1n) is 11.0. The zero-order chi connectivity index (χ0) is 22.5. The molecule has 2 rings (SSSR count). The molecule has 1 atom stereocenters. The third-order valence-electron chi connectivity index (χ3n) is 6.10. The molecule has 0 aliphatic heterocycles. The summed E-state index contributed by atoms with van der Waals surface area (Å²) < 4.78 is 14.5. The molecule has 4 heteroatoms. The highest BCUT2D eigenvalue weighted by Gasteiger charge is 2.44. The number of benzene rings is 2. The summed E-state index contributed by atoms with van der Waals surface area (Å²) in [7, 11) is -3.84. The minimum absolute atomic E-state index is 0.0948. The fraction of sp³-hybridized carbons (Fsp3) is 0.462. The number of carbonyl (C=O) groups excluding carboxylic acids is 2. The van der Waals surface area contributed by atoms with E-state index in [9.17, 15) is 14.2 Å². The fourth-order valence-electron chi connectivity index (χ4n) is 4.20. The molecule has 0 fully saturated rings. The lowest BCUT2D eigenvalue weighted by atomic mass is 10.0. The van der Waals surface area contributed by atoms with Crippen LogP contribution in [0.1, 0.15) is 82.5 Å². The highest BCUT2D eigenvalue weighted by atomic mass is 31.2. The van der Waals surface area contributed by atoms with Crippen LogP contribution in [0.25, 0.3) is 0 Å². The summed E-state index contributed by atoms with van der Waals surface area (Å²) in [6.07, 6.45) is 3.90. The van der Waals surface area contributed by atoms with Crippen LogP contribution in [0.5, 0.6) is 0 Å². The average molecular weight is 427 g/mol. The van der Waals surface area contributed by atoms with Crippen molar-refractivity contribution in [3.8, 4) is 0 Å².